The molecule has 1 amide bonds. The van der Waals surface area contributed by atoms with Gasteiger partial charge in [0.1, 0.15) is 0 Å². The lowest BCUT2D eigenvalue weighted by atomic mass is 9.97. The van der Waals surface area contributed by atoms with Gasteiger partial charge in [-0.3, -0.25) is 4.79 Å². The molecule has 0 saturated carbocycles. The Balaban J connectivity index is 2.40. The number of hydrogen-bond acceptors (Lipinski definition) is 3. The van der Waals surface area contributed by atoms with Crippen LogP contribution in [0.1, 0.15) is 88.2 Å². The standard InChI is InChI=1S/C22H37NO3S/c1-17(2)23-21(24)20-15-12-14-19(18(20)3)13-10-8-7-9-11-16-27(25,26)22(4,5)6/h12,14-15,17H,7-11,13,16H2,1-6H3,(H,23,24). The molecule has 0 aromatic heterocycles. The minimum Gasteiger partial charge on any atom is -0.350 e. The van der Waals surface area contributed by atoms with Gasteiger partial charge in [-0.15, -0.1) is 0 Å². The Morgan fingerprint density at radius 2 is 1.63 bits per heavy atom. The monoisotopic (exact) mass is 395 g/mol. The Morgan fingerprint density at radius 1 is 1.04 bits per heavy atom. The Morgan fingerprint density at radius 3 is 2.22 bits per heavy atom. The molecule has 5 heteroatoms. The topological polar surface area (TPSA) is 63.2 Å². The fourth-order valence-electron chi connectivity index (χ4n) is 2.98. The van der Waals surface area contributed by atoms with Crippen molar-refractivity contribution >= 4 is 15.7 Å². The normalized spacial score (nSPS) is 12.4. The molecule has 0 fully saturated rings. The van der Waals surface area contributed by atoms with Crippen LogP contribution >= 0.6 is 0 Å². The van der Waals surface area contributed by atoms with Crippen LogP contribution in [0.25, 0.3) is 0 Å². The highest BCUT2D eigenvalue weighted by molar-refractivity contribution is 7.92. The largest absolute Gasteiger partial charge is 0.350 e. The minimum absolute atomic E-state index is 0.00981. The number of rotatable bonds is 10. The van der Waals surface area contributed by atoms with Crippen molar-refractivity contribution < 1.29 is 13.2 Å². The van der Waals surface area contributed by atoms with Gasteiger partial charge in [0.15, 0.2) is 9.84 Å². The zero-order chi connectivity index (χ0) is 20.7. The predicted molar refractivity (Wildman–Crippen MR) is 114 cm³/mol. The zero-order valence-electron chi connectivity index (χ0n) is 17.9. The molecule has 1 aromatic rings. The van der Waals surface area contributed by atoms with Gasteiger partial charge < -0.3 is 5.32 Å². The first-order chi connectivity index (χ1) is 12.5. The molecule has 0 aliphatic rings. The second kappa shape index (κ2) is 10.3. The highest BCUT2D eigenvalue weighted by Crippen LogP contribution is 2.19. The van der Waals surface area contributed by atoms with Gasteiger partial charge in [-0.05, 0) is 78.0 Å². The van der Waals surface area contributed by atoms with E-state index in [-0.39, 0.29) is 17.7 Å². The van der Waals surface area contributed by atoms with E-state index in [4.69, 9.17) is 0 Å². The van der Waals surface area contributed by atoms with E-state index in [1.807, 2.05) is 32.9 Å². The van der Waals surface area contributed by atoms with Gasteiger partial charge >= 0.3 is 0 Å². The first kappa shape index (κ1) is 23.7. The summed E-state index contributed by atoms with van der Waals surface area (Å²) in [5, 5.41) is 2.95. The number of carbonyl (C=O) groups is 1. The van der Waals surface area contributed by atoms with Crippen LogP contribution in [0.5, 0.6) is 0 Å². The lowest BCUT2D eigenvalue weighted by Crippen LogP contribution is -2.30. The molecule has 0 heterocycles. The van der Waals surface area contributed by atoms with Crippen molar-refractivity contribution in [3.8, 4) is 0 Å². The van der Waals surface area contributed by atoms with E-state index in [0.29, 0.717) is 0 Å². The SMILES string of the molecule is Cc1c(CCCCCCCS(=O)(=O)C(C)(C)C)cccc1C(=O)NC(C)C. The number of carbonyl (C=O) groups excluding carboxylic acids is 1. The van der Waals surface area contributed by atoms with Crippen LogP contribution in [0, 0.1) is 6.92 Å². The average molecular weight is 396 g/mol. The highest BCUT2D eigenvalue weighted by Gasteiger charge is 2.27. The van der Waals surface area contributed by atoms with Crippen molar-refractivity contribution in [3.05, 3.63) is 34.9 Å². The Hall–Kier alpha value is -1.36. The van der Waals surface area contributed by atoms with Gasteiger partial charge in [0.05, 0.1) is 10.5 Å². The molecule has 0 radical (unpaired) electrons. The average Bonchev–Trinajstić information content (AvgIpc) is 2.53. The van der Waals surface area contributed by atoms with Crippen molar-refractivity contribution in [2.75, 3.05) is 5.75 Å². The summed E-state index contributed by atoms with van der Waals surface area (Å²) in [6, 6.07) is 6.06. The second-order valence-electron chi connectivity index (χ2n) is 8.67. The number of hydrogen-bond donors (Lipinski definition) is 1. The summed E-state index contributed by atoms with van der Waals surface area (Å²) in [5.41, 5.74) is 3.04. The summed E-state index contributed by atoms with van der Waals surface area (Å²) in [6.07, 6.45) is 5.83. The Kier molecular flexibility index (Phi) is 9.00. The first-order valence-corrected chi connectivity index (χ1v) is 11.7. The number of amides is 1. The van der Waals surface area contributed by atoms with Gasteiger partial charge in [-0.25, -0.2) is 8.42 Å². The summed E-state index contributed by atoms with van der Waals surface area (Å²) in [7, 11) is -3.00. The number of sulfone groups is 1. The molecule has 0 aliphatic carbocycles. The minimum atomic E-state index is -3.00. The lowest BCUT2D eigenvalue weighted by Gasteiger charge is -2.18. The molecule has 1 rings (SSSR count). The molecule has 0 bridgehead atoms. The molecule has 0 unspecified atom stereocenters. The fourth-order valence-corrected chi connectivity index (χ4v) is 4.18. The van der Waals surface area contributed by atoms with Gasteiger partial charge in [0.25, 0.3) is 5.91 Å². The third-order valence-corrected chi connectivity index (χ3v) is 7.59. The summed E-state index contributed by atoms with van der Waals surface area (Å²) in [6.45, 7) is 11.2. The molecule has 154 valence electrons. The molecular weight excluding hydrogens is 358 g/mol. The highest BCUT2D eigenvalue weighted by atomic mass is 32.2. The van der Waals surface area contributed by atoms with Crippen molar-refractivity contribution in [2.24, 2.45) is 0 Å². The van der Waals surface area contributed by atoms with Crippen molar-refractivity contribution in [2.45, 2.75) is 90.9 Å². The summed E-state index contributed by atoms with van der Waals surface area (Å²) in [4.78, 5) is 12.3. The Bertz CT molecular complexity index is 716. The quantitative estimate of drug-likeness (QED) is 0.577. The number of aryl methyl sites for hydroxylation is 1. The lowest BCUT2D eigenvalue weighted by molar-refractivity contribution is 0.0942. The van der Waals surface area contributed by atoms with Gasteiger partial charge in [0, 0.05) is 11.6 Å². The van der Waals surface area contributed by atoms with Crippen LogP contribution in [0.15, 0.2) is 18.2 Å². The van der Waals surface area contributed by atoms with Crippen LogP contribution in [-0.2, 0) is 16.3 Å². The first-order valence-electron chi connectivity index (χ1n) is 10.1. The molecule has 0 saturated heterocycles. The zero-order valence-corrected chi connectivity index (χ0v) is 18.7. The molecule has 1 N–H and O–H groups in total. The van der Waals surface area contributed by atoms with E-state index in [1.165, 1.54) is 5.56 Å². The number of nitrogens with one attached hydrogen (secondary N) is 1. The van der Waals surface area contributed by atoms with Crippen molar-refractivity contribution in [1.29, 1.82) is 0 Å². The van der Waals surface area contributed by atoms with Crippen LogP contribution in [0.4, 0.5) is 0 Å². The maximum Gasteiger partial charge on any atom is 0.251 e. The van der Waals surface area contributed by atoms with Crippen molar-refractivity contribution in [1.82, 2.24) is 5.32 Å². The molecule has 1 aromatic carbocycles. The molecule has 4 nitrogen and oxygen atoms in total. The molecule has 0 aliphatic heterocycles. The molecule has 27 heavy (non-hydrogen) atoms. The Labute approximate surface area is 166 Å². The van der Waals surface area contributed by atoms with E-state index >= 15 is 0 Å². The summed E-state index contributed by atoms with van der Waals surface area (Å²) >= 11 is 0. The van der Waals surface area contributed by atoms with Gasteiger partial charge in [-0.2, -0.15) is 0 Å². The van der Waals surface area contributed by atoms with Crippen molar-refractivity contribution in [3.63, 3.8) is 0 Å². The second-order valence-corrected chi connectivity index (χ2v) is 11.5. The van der Waals surface area contributed by atoms with Crippen LogP contribution < -0.4 is 5.32 Å². The van der Waals surface area contributed by atoms with Crippen LogP contribution in [-0.4, -0.2) is 30.9 Å². The predicted octanol–water partition coefficient (Wildman–Crippen LogP) is 4.84. The summed E-state index contributed by atoms with van der Waals surface area (Å²) in [5.74, 6) is 0.271. The van der Waals surface area contributed by atoms with Crippen LogP contribution in [0.2, 0.25) is 0 Å². The number of benzene rings is 1. The van der Waals surface area contributed by atoms with E-state index in [0.717, 1.165) is 49.7 Å². The van der Waals surface area contributed by atoms with E-state index < -0.39 is 14.6 Å². The summed E-state index contributed by atoms with van der Waals surface area (Å²) < 4.78 is 23.5. The van der Waals surface area contributed by atoms with E-state index in [9.17, 15) is 13.2 Å². The third-order valence-electron chi connectivity index (χ3n) is 4.90. The smallest absolute Gasteiger partial charge is 0.251 e. The van der Waals surface area contributed by atoms with Gasteiger partial charge in [0.2, 0.25) is 0 Å². The number of unbranched alkanes of at least 4 members (excludes halogenated alkanes) is 4. The fraction of sp³-hybridized carbons (Fsp3) is 0.682. The van der Waals surface area contributed by atoms with E-state index in [2.05, 4.69) is 11.4 Å². The van der Waals surface area contributed by atoms with Crippen LogP contribution in [0.3, 0.4) is 0 Å². The maximum absolute atomic E-state index is 12.3. The van der Waals surface area contributed by atoms with Gasteiger partial charge in [-0.1, -0.05) is 31.4 Å². The molecular formula is C22H37NO3S. The molecule has 0 atom stereocenters. The molecule has 0 spiro atoms. The third kappa shape index (κ3) is 7.65. The van der Waals surface area contributed by atoms with E-state index in [1.54, 1.807) is 20.8 Å². The maximum atomic E-state index is 12.3.